The molecule has 1 saturated heterocycles. The van der Waals surface area contributed by atoms with Crippen LogP contribution in [0.3, 0.4) is 0 Å². The van der Waals surface area contributed by atoms with Crippen molar-refractivity contribution in [1.82, 2.24) is 4.90 Å². The highest BCUT2D eigenvalue weighted by Gasteiger charge is 2.27. The largest absolute Gasteiger partial charge is 0.339 e. The molecule has 0 aromatic carbocycles. The molecule has 0 unspecified atom stereocenters. The fraction of sp³-hybridized carbons (Fsp3) is 0.700. The molecule has 1 amide bonds. The van der Waals surface area contributed by atoms with Gasteiger partial charge in [0, 0.05) is 19.3 Å². The maximum absolute atomic E-state index is 11.4. The minimum absolute atomic E-state index is 0.0237. The predicted octanol–water partition coefficient (Wildman–Crippen LogP) is 0.598. The van der Waals surface area contributed by atoms with Crippen LogP contribution in [0.25, 0.3) is 0 Å². The average molecular weight is 231 g/mol. The number of likely N-dealkylation sites (tertiary alicyclic amines) is 1. The van der Waals surface area contributed by atoms with Crippen molar-refractivity contribution >= 4 is 15.7 Å². The van der Waals surface area contributed by atoms with E-state index in [2.05, 4.69) is 0 Å². The molecule has 4 nitrogen and oxygen atoms in total. The first-order valence-electron chi connectivity index (χ1n) is 5.05. The molecule has 0 atom stereocenters. The number of carbonyl (C=O) groups is 1. The minimum Gasteiger partial charge on any atom is -0.339 e. The zero-order valence-electron chi connectivity index (χ0n) is 9.14. The van der Waals surface area contributed by atoms with Gasteiger partial charge in [0.1, 0.15) is 9.84 Å². The number of sulfone groups is 1. The summed E-state index contributed by atoms with van der Waals surface area (Å²) in [4.78, 5) is 13.1. The normalized spacial score (nSPS) is 19.7. The maximum Gasteiger partial charge on any atom is 0.246 e. The molecule has 5 heteroatoms. The number of nitrogens with zero attached hydrogens (tertiary/aromatic N) is 1. The molecule has 1 aliphatic rings. The van der Waals surface area contributed by atoms with Gasteiger partial charge in [0.05, 0.1) is 5.25 Å². The van der Waals surface area contributed by atoms with Crippen LogP contribution in [0.15, 0.2) is 12.2 Å². The van der Waals surface area contributed by atoms with Gasteiger partial charge in [-0.1, -0.05) is 6.08 Å². The first-order chi connectivity index (χ1) is 6.95. The van der Waals surface area contributed by atoms with Crippen LogP contribution in [0, 0.1) is 0 Å². The van der Waals surface area contributed by atoms with Crippen LogP contribution in [0.2, 0.25) is 0 Å². The summed E-state index contributed by atoms with van der Waals surface area (Å²) in [6, 6.07) is 0. The van der Waals surface area contributed by atoms with E-state index in [4.69, 9.17) is 0 Å². The highest BCUT2D eigenvalue weighted by Crippen LogP contribution is 2.17. The van der Waals surface area contributed by atoms with Crippen molar-refractivity contribution < 1.29 is 13.2 Å². The Bertz CT molecular complexity index is 351. The van der Waals surface area contributed by atoms with Gasteiger partial charge in [-0.25, -0.2) is 8.42 Å². The quantitative estimate of drug-likeness (QED) is 0.654. The molecule has 0 spiro atoms. The molecule has 1 aliphatic heterocycles. The second kappa shape index (κ2) is 4.79. The molecule has 0 aromatic heterocycles. The Balaban J connectivity index is 2.53. The molecule has 15 heavy (non-hydrogen) atoms. The number of hydrogen-bond donors (Lipinski definition) is 0. The summed E-state index contributed by atoms with van der Waals surface area (Å²) < 4.78 is 22.5. The van der Waals surface area contributed by atoms with Crippen molar-refractivity contribution in [3.05, 3.63) is 12.2 Å². The third-order valence-corrected chi connectivity index (χ3v) is 4.35. The van der Waals surface area contributed by atoms with Crippen LogP contribution in [0.1, 0.15) is 19.8 Å². The van der Waals surface area contributed by atoms with Gasteiger partial charge in [-0.3, -0.25) is 4.79 Å². The highest BCUT2D eigenvalue weighted by molar-refractivity contribution is 7.91. The lowest BCUT2D eigenvalue weighted by molar-refractivity contribution is -0.126. The molecule has 0 N–H and O–H groups in total. The monoisotopic (exact) mass is 231 g/mol. The molecule has 1 rings (SSSR count). The van der Waals surface area contributed by atoms with Crippen LogP contribution in [-0.2, 0) is 14.6 Å². The smallest absolute Gasteiger partial charge is 0.246 e. The lowest BCUT2D eigenvalue weighted by atomic mass is 10.1. The van der Waals surface area contributed by atoms with E-state index in [1.807, 2.05) is 0 Å². The van der Waals surface area contributed by atoms with E-state index in [9.17, 15) is 13.2 Å². The van der Waals surface area contributed by atoms with Gasteiger partial charge >= 0.3 is 0 Å². The SMILES string of the molecule is C/C=C/C(=O)N1CCC(S(C)(=O)=O)CC1. The Kier molecular flexibility index (Phi) is 3.90. The lowest BCUT2D eigenvalue weighted by Crippen LogP contribution is -2.41. The van der Waals surface area contributed by atoms with Crippen LogP contribution >= 0.6 is 0 Å². The van der Waals surface area contributed by atoms with Gasteiger partial charge in [-0.05, 0) is 25.8 Å². The second-order valence-electron chi connectivity index (χ2n) is 3.85. The molecule has 0 bridgehead atoms. The van der Waals surface area contributed by atoms with Gasteiger partial charge < -0.3 is 4.90 Å². The molecule has 0 aliphatic carbocycles. The van der Waals surface area contributed by atoms with Crippen LogP contribution < -0.4 is 0 Å². The molecule has 1 heterocycles. The van der Waals surface area contributed by atoms with Gasteiger partial charge in [0.25, 0.3) is 0 Å². The average Bonchev–Trinajstić information content (AvgIpc) is 2.17. The van der Waals surface area contributed by atoms with E-state index in [0.29, 0.717) is 25.9 Å². The van der Waals surface area contributed by atoms with E-state index in [0.717, 1.165) is 0 Å². The summed E-state index contributed by atoms with van der Waals surface area (Å²) in [5.41, 5.74) is 0. The predicted molar refractivity (Wildman–Crippen MR) is 59.3 cm³/mol. The zero-order valence-corrected chi connectivity index (χ0v) is 9.96. The number of allylic oxidation sites excluding steroid dienone is 1. The second-order valence-corrected chi connectivity index (χ2v) is 6.18. The Morgan fingerprint density at radius 3 is 2.27 bits per heavy atom. The van der Waals surface area contributed by atoms with E-state index in [1.54, 1.807) is 17.9 Å². The maximum atomic E-state index is 11.4. The van der Waals surface area contributed by atoms with Crippen LogP contribution in [-0.4, -0.2) is 43.8 Å². The van der Waals surface area contributed by atoms with E-state index in [1.165, 1.54) is 12.3 Å². The molecule has 1 fully saturated rings. The first kappa shape index (κ1) is 12.2. The lowest BCUT2D eigenvalue weighted by Gasteiger charge is -2.30. The van der Waals surface area contributed by atoms with Gasteiger partial charge in [0.2, 0.25) is 5.91 Å². The minimum atomic E-state index is -2.94. The molecule has 0 radical (unpaired) electrons. The number of piperidine rings is 1. The van der Waals surface area contributed by atoms with E-state index >= 15 is 0 Å². The third kappa shape index (κ3) is 3.34. The first-order valence-corrected chi connectivity index (χ1v) is 7.01. The number of amides is 1. The summed E-state index contributed by atoms with van der Waals surface area (Å²) in [7, 11) is -2.94. The molecular formula is C10H17NO3S. The third-order valence-electron chi connectivity index (χ3n) is 2.67. The van der Waals surface area contributed by atoms with Crippen molar-refractivity contribution in [3.63, 3.8) is 0 Å². The van der Waals surface area contributed by atoms with Gasteiger partial charge in [0.15, 0.2) is 0 Å². The van der Waals surface area contributed by atoms with Gasteiger partial charge in [-0.15, -0.1) is 0 Å². The summed E-state index contributed by atoms with van der Waals surface area (Å²) in [5.74, 6) is -0.0237. The molecule has 86 valence electrons. The Morgan fingerprint density at radius 2 is 1.87 bits per heavy atom. The zero-order chi connectivity index (χ0) is 11.5. The topological polar surface area (TPSA) is 54.5 Å². The summed E-state index contributed by atoms with van der Waals surface area (Å²) in [6.07, 6.45) is 5.59. The standard InChI is InChI=1S/C10H17NO3S/c1-3-4-10(12)11-7-5-9(6-8-11)15(2,13)14/h3-4,9H,5-8H2,1-2H3/b4-3+. The van der Waals surface area contributed by atoms with Crippen LogP contribution in [0.4, 0.5) is 0 Å². The summed E-state index contributed by atoms with van der Waals surface area (Å²) in [5, 5.41) is -0.271. The Morgan fingerprint density at radius 1 is 1.33 bits per heavy atom. The molecule has 0 saturated carbocycles. The fourth-order valence-corrected chi connectivity index (χ4v) is 2.82. The van der Waals surface area contributed by atoms with E-state index in [-0.39, 0.29) is 11.2 Å². The van der Waals surface area contributed by atoms with E-state index < -0.39 is 9.84 Å². The number of rotatable bonds is 2. The fourth-order valence-electron chi connectivity index (χ4n) is 1.75. The van der Waals surface area contributed by atoms with Crippen molar-refractivity contribution in [1.29, 1.82) is 0 Å². The molecular weight excluding hydrogens is 214 g/mol. The highest BCUT2D eigenvalue weighted by atomic mass is 32.2. The Labute approximate surface area is 90.9 Å². The number of hydrogen-bond acceptors (Lipinski definition) is 3. The Hall–Kier alpha value is -0.840. The van der Waals surface area contributed by atoms with Crippen molar-refractivity contribution in [2.75, 3.05) is 19.3 Å². The summed E-state index contributed by atoms with van der Waals surface area (Å²) in [6.45, 7) is 2.88. The van der Waals surface area contributed by atoms with Crippen molar-refractivity contribution in [2.24, 2.45) is 0 Å². The van der Waals surface area contributed by atoms with Gasteiger partial charge in [-0.2, -0.15) is 0 Å². The summed E-state index contributed by atoms with van der Waals surface area (Å²) >= 11 is 0. The van der Waals surface area contributed by atoms with Crippen LogP contribution in [0.5, 0.6) is 0 Å². The molecule has 0 aromatic rings. The van der Waals surface area contributed by atoms with Crippen molar-refractivity contribution in [2.45, 2.75) is 25.0 Å². The number of carbonyl (C=O) groups excluding carboxylic acids is 1. The van der Waals surface area contributed by atoms with Crippen molar-refractivity contribution in [3.8, 4) is 0 Å².